The highest BCUT2D eigenvalue weighted by Gasteiger charge is 2.24. The molecule has 1 aromatic carbocycles. The van der Waals surface area contributed by atoms with Gasteiger partial charge in [-0.1, -0.05) is 6.42 Å². The van der Waals surface area contributed by atoms with Gasteiger partial charge in [0.2, 0.25) is 0 Å². The molecule has 0 amide bonds. The van der Waals surface area contributed by atoms with E-state index >= 15 is 0 Å². The lowest BCUT2D eigenvalue weighted by molar-refractivity contribution is 0.0332. The van der Waals surface area contributed by atoms with E-state index in [-0.39, 0.29) is 19.0 Å². The number of piperidine rings is 1. The summed E-state index contributed by atoms with van der Waals surface area (Å²) in [5.74, 6) is 0.254. The molecule has 1 aliphatic heterocycles. The van der Waals surface area contributed by atoms with Gasteiger partial charge in [0.15, 0.2) is 0 Å². The van der Waals surface area contributed by atoms with E-state index in [9.17, 15) is 9.50 Å². The Balaban J connectivity index is 1.77. The zero-order chi connectivity index (χ0) is 15.1. The van der Waals surface area contributed by atoms with Gasteiger partial charge in [-0.15, -0.1) is 0 Å². The molecule has 0 aliphatic carbocycles. The summed E-state index contributed by atoms with van der Waals surface area (Å²) in [5, 5.41) is 19.2. The fourth-order valence-corrected chi connectivity index (χ4v) is 2.82. The normalized spacial score (nSPS) is 21.2. The third kappa shape index (κ3) is 5.26. The zero-order valence-corrected chi connectivity index (χ0v) is 12.2. The maximum Gasteiger partial charge on any atom is 0.123 e. The third-order valence-corrected chi connectivity index (χ3v) is 3.91. The molecule has 2 unspecified atom stereocenters. The minimum absolute atomic E-state index is 0.184. The molecule has 2 rings (SSSR count). The van der Waals surface area contributed by atoms with E-state index in [1.54, 1.807) is 12.1 Å². The summed E-state index contributed by atoms with van der Waals surface area (Å²) in [6, 6.07) is 6.13. The summed E-state index contributed by atoms with van der Waals surface area (Å²) < 4.78 is 18.2. The van der Waals surface area contributed by atoms with Crippen LogP contribution in [0, 0.1) is 5.82 Å². The molecule has 1 heterocycles. The smallest absolute Gasteiger partial charge is 0.123 e. The second-order valence-corrected chi connectivity index (χ2v) is 5.58. The number of hydrogen-bond acceptors (Lipinski definition) is 4. The standard InChI is InChI=1S/C16H24FNO3/c17-13-4-6-16(7-5-13)21-12-15(20)11-18-9-2-1-3-14(18)8-10-19/h4-7,14-15,19-20H,1-3,8-12H2. The van der Waals surface area contributed by atoms with Crippen molar-refractivity contribution in [2.24, 2.45) is 0 Å². The summed E-state index contributed by atoms with van der Waals surface area (Å²) in [5.41, 5.74) is 0. The van der Waals surface area contributed by atoms with Crippen LogP contribution < -0.4 is 4.74 Å². The number of benzene rings is 1. The molecule has 0 saturated carbocycles. The van der Waals surface area contributed by atoms with Crippen LogP contribution in [0.5, 0.6) is 5.75 Å². The Morgan fingerprint density at radius 3 is 2.76 bits per heavy atom. The predicted octanol–water partition coefficient (Wildman–Crippen LogP) is 1.80. The first-order chi connectivity index (χ1) is 10.2. The van der Waals surface area contributed by atoms with E-state index in [4.69, 9.17) is 9.84 Å². The van der Waals surface area contributed by atoms with Gasteiger partial charge in [0.1, 0.15) is 24.3 Å². The molecule has 0 radical (unpaired) electrons. The molecule has 2 atom stereocenters. The van der Waals surface area contributed by atoms with Crippen molar-refractivity contribution < 1.29 is 19.3 Å². The van der Waals surface area contributed by atoms with Gasteiger partial charge in [-0.25, -0.2) is 4.39 Å². The average molecular weight is 297 g/mol. The third-order valence-electron chi connectivity index (χ3n) is 3.91. The van der Waals surface area contributed by atoms with E-state index in [2.05, 4.69) is 4.90 Å². The number of ether oxygens (including phenoxy) is 1. The van der Waals surface area contributed by atoms with E-state index in [1.165, 1.54) is 18.6 Å². The highest BCUT2D eigenvalue weighted by molar-refractivity contribution is 5.22. The predicted molar refractivity (Wildman–Crippen MR) is 78.8 cm³/mol. The van der Waals surface area contributed by atoms with Crippen molar-refractivity contribution in [2.45, 2.75) is 37.8 Å². The number of hydrogen-bond donors (Lipinski definition) is 2. The highest BCUT2D eigenvalue weighted by atomic mass is 19.1. The van der Waals surface area contributed by atoms with Gasteiger partial charge in [-0.05, 0) is 50.1 Å². The Kier molecular flexibility index (Phi) is 6.42. The van der Waals surface area contributed by atoms with Crippen LogP contribution in [-0.2, 0) is 0 Å². The van der Waals surface area contributed by atoms with E-state index < -0.39 is 6.10 Å². The summed E-state index contributed by atoms with van der Waals surface area (Å²) in [6.07, 6.45) is 3.56. The van der Waals surface area contributed by atoms with Crippen molar-refractivity contribution in [2.75, 3.05) is 26.3 Å². The first kappa shape index (κ1) is 16.2. The second kappa shape index (κ2) is 8.32. The minimum atomic E-state index is -0.589. The number of halogens is 1. The highest BCUT2D eigenvalue weighted by Crippen LogP contribution is 2.20. The van der Waals surface area contributed by atoms with Gasteiger partial charge >= 0.3 is 0 Å². The Morgan fingerprint density at radius 2 is 2.05 bits per heavy atom. The maximum atomic E-state index is 12.8. The van der Waals surface area contributed by atoms with Crippen molar-refractivity contribution in [1.29, 1.82) is 0 Å². The zero-order valence-electron chi connectivity index (χ0n) is 12.2. The molecule has 0 bridgehead atoms. The van der Waals surface area contributed by atoms with Crippen LogP contribution in [0.2, 0.25) is 0 Å². The van der Waals surface area contributed by atoms with Crippen LogP contribution >= 0.6 is 0 Å². The molecule has 21 heavy (non-hydrogen) atoms. The molecule has 4 nitrogen and oxygen atoms in total. The second-order valence-electron chi connectivity index (χ2n) is 5.58. The largest absolute Gasteiger partial charge is 0.491 e. The van der Waals surface area contributed by atoms with Gasteiger partial charge in [-0.2, -0.15) is 0 Å². The van der Waals surface area contributed by atoms with Crippen LogP contribution in [-0.4, -0.2) is 53.6 Å². The monoisotopic (exact) mass is 297 g/mol. The summed E-state index contributed by atoms with van der Waals surface area (Å²) in [6.45, 7) is 1.88. The Bertz CT molecular complexity index is 410. The fourth-order valence-electron chi connectivity index (χ4n) is 2.82. The van der Waals surface area contributed by atoms with Crippen molar-refractivity contribution in [3.8, 4) is 5.75 Å². The Morgan fingerprint density at radius 1 is 1.29 bits per heavy atom. The first-order valence-corrected chi connectivity index (χ1v) is 7.60. The summed E-state index contributed by atoms with van der Waals surface area (Å²) in [4.78, 5) is 2.23. The molecule has 1 aromatic rings. The summed E-state index contributed by atoms with van der Waals surface area (Å²) >= 11 is 0. The number of β-amino-alcohol motifs (C(OH)–C–C–N with tert-alkyl or cyclic N) is 1. The fraction of sp³-hybridized carbons (Fsp3) is 0.625. The Hall–Kier alpha value is -1.17. The SMILES string of the molecule is OCCC1CCCCN1CC(O)COc1ccc(F)cc1. The summed E-state index contributed by atoms with van der Waals surface area (Å²) in [7, 11) is 0. The van der Waals surface area contributed by atoms with Crippen LogP contribution in [0.3, 0.4) is 0 Å². The van der Waals surface area contributed by atoms with Crippen LogP contribution in [0.4, 0.5) is 4.39 Å². The van der Waals surface area contributed by atoms with Crippen molar-refractivity contribution in [3.05, 3.63) is 30.1 Å². The lowest BCUT2D eigenvalue weighted by atomic mass is 9.99. The van der Waals surface area contributed by atoms with Crippen LogP contribution in [0.1, 0.15) is 25.7 Å². The van der Waals surface area contributed by atoms with E-state index in [0.717, 1.165) is 25.8 Å². The molecule has 1 aliphatic rings. The number of likely N-dealkylation sites (tertiary alicyclic amines) is 1. The number of aliphatic hydroxyl groups is 2. The number of nitrogens with zero attached hydrogens (tertiary/aromatic N) is 1. The van der Waals surface area contributed by atoms with Gasteiger partial charge in [0.25, 0.3) is 0 Å². The molecule has 0 spiro atoms. The molecule has 1 saturated heterocycles. The minimum Gasteiger partial charge on any atom is -0.491 e. The van der Waals surface area contributed by atoms with Crippen molar-refractivity contribution in [3.63, 3.8) is 0 Å². The average Bonchev–Trinajstić information content (AvgIpc) is 2.49. The van der Waals surface area contributed by atoms with E-state index in [1.807, 2.05) is 0 Å². The lowest BCUT2D eigenvalue weighted by Crippen LogP contribution is -2.45. The maximum absolute atomic E-state index is 12.8. The molecule has 2 N–H and O–H groups in total. The molecule has 0 aromatic heterocycles. The van der Waals surface area contributed by atoms with Gasteiger partial charge in [-0.3, -0.25) is 4.90 Å². The van der Waals surface area contributed by atoms with Crippen molar-refractivity contribution >= 4 is 0 Å². The first-order valence-electron chi connectivity index (χ1n) is 7.60. The van der Waals surface area contributed by atoms with Crippen molar-refractivity contribution in [1.82, 2.24) is 4.90 Å². The number of rotatable bonds is 7. The topological polar surface area (TPSA) is 52.9 Å². The molecular weight excluding hydrogens is 273 g/mol. The number of aliphatic hydroxyl groups excluding tert-OH is 2. The van der Waals surface area contributed by atoms with Crippen LogP contribution in [0.25, 0.3) is 0 Å². The van der Waals surface area contributed by atoms with Gasteiger partial charge in [0, 0.05) is 19.2 Å². The molecule has 5 heteroatoms. The van der Waals surface area contributed by atoms with Gasteiger partial charge < -0.3 is 14.9 Å². The lowest BCUT2D eigenvalue weighted by Gasteiger charge is -2.36. The van der Waals surface area contributed by atoms with E-state index in [0.29, 0.717) is 18.3 Å². The molecule has 1 fully saturated rings. The molecule has 118 valence electrons. The quantitative estimate of drug-likeness (QED) is 0.806. The van der Waals surface area contributed by atoms with Gasteiger partial charge in [0.05, 0.1) is 0 Å². The molecular formula is C16H24FNO3. The Labute approximate surface area is 125 Å². The van der Waals surface area contributed by atoms with Crippen LogP contribution in [0.15, 0.2) is 24.3 Å².